The van der Waals surface area contributed by atoms with E-state index in [1.165, 1.54) is 18.4 Å². The molecule has 18 heavy (non-hydrogen) atoms. The van der Waals surface area contributed by atoms with Crippen LogP contribution in [0.5, 0.6) is 0 Å². The van der Waals surface area contributed by atoms with Gasteiger partial charge in [-0.05, 0) is 37.0 Å². The third-order valence-corrected chi connectivity index (χ3v) is 3.89. The Labute approximate surface area is 108 Å². The zero-order chi connectivity index (χ0) is 12.5. The normalized spacial score (nSPS) is 26.7. The number of aromatic nitrogens is 1. The fraction of sp³-hybridized carbons (Fsp3) is 0.643. The molecule has 98 valence electrons. The molecule has 2 fully saturated rings. The molecule has 4 heteroatoms. The van der Waals surface area contributed by atoms with Gasteiger partial charge in [-0.3, -0.25) is 0 Å². The number of hydrogen-bond acceptors (Lipinski definition) is 4. The van der Waals surface area contributed by atoms with E-state index >= 15 is 0 Å². The summed E-state index contributed by atoms with van der Waals surface area (Å²) in [7, 11) is 0. The number of fused-ring (bicyclic) bond motifs is 2. The number of nitrogens with zero attached hydrogens (tertiary/aromatic N) is 2. The highest BCUT2D eigenvalue weighted by Crippen LogP contribution is 2.29. The predicted octanol–water partition coefficient (Wildman–Crippen LogP) is 1.47. The van der Waals surface area contributed by atoms with Crippen LogP contribution >= 0.6 is 0 Å². The quantitative estimate of drug-likeness (QED) is 0.879. The van der Waals surface area contributed by atoms with Crippen LogP contribution < -0.4 is 10.6 Å². The lowest BCUT2D eigenvalue weighted by Gasteiger charge is -2.33. The van der Waals surface area contributed by atoms with E-state index < -0.39 is 0 Å². The van der Waals surface area contributed by atoms with Crippen molar-refractivity contribution in [1.29, 1.82) is 0 Å². The summed E-state index contributed by atoms with van der Waals surface area (Å²) >= 11 is 0. The van der Waals surface area contributed by atoms with Crippen molar-refractivity contribution in [3.8, 4) is 0 Å². The van der Waals surface area contributed by atoms with Crippen molar-refractivity contribution in [2.75, 3.05) is 18.0 Å². The van der Waals surface area contributed by atoms with E-state index in [2.05, 4.69) is 24.0 Å². The van der Waals surface area contributed by atoms with Crippen molar-refractivity contribution in [2.45, 2.75) is 44.9 Å². The van der Waals surface area contributed by atoms with E-state index in [0.717, 1.165) is 31.0 Å². The fourth-order valence-electron chi connectivity index (χ4n) is 2.90. The molecular weight excluding hydrogens is 226 g/mol. The second kappa shape index (κ2) is 4.86. The molecule has 3 heterocycles. The summed E-state index contributed by atoms with van der Waals surface area (Å²) in [6, 6.07) is 4.24. The second-order valence-corrected chi connectivity index (χ2v) is 5.25. The SMILES string of the molecule is CCc1cc(CN)cc(N2CC3CCC(C2)O3)n1. The fourth-order valence-corrected chi connectivity index (χ4v) is 2.90. The van der Waals surface area contributed by atoms with E-state index in [1.807, 2.05) is 0 Å². The van der Waals surface area contributed by atoms with Gasteiger partial charge in [-0.25, -0.2) is 4.98 Å². The molecule has 1 aromatic heterocycles. The number of ether oxygens (including phenoxy) is 1. The van der Waals surface area contributed by atoms with Crippen LogP contribution in [-0.4, -0.2) is 30.3 Å². The van der Waals surface area contributed by atoms with Gasteiger partial charge in [0.05, 0.1) is 12.2 Å². The first-order valence-corrected chi connectivity index (χ1v) is 6.88. The Balaban J connectivity index is 1.86. The summed E-state index contributed by atoms with van der Waals surface area (Å²) in [5.74, 6) is 1.08. The third-order valence-electron chi connectivity index (χ3n) is 3.89. The molecule has 0 aromatic carbocycles. The van der Waals surface area contributed by atoms with Gasteiger partial charge in [0.2, 0.25) is 0 Å². The number of hydrogen-bond donors (Lipinski definition) is 1. The van der Waals surface area contributed by atoms with E-state index in [1.54, 1.807) is 0 Å². The average molecular weight is 247 g/mol. The highest BCUT2D eigenvalue weighted by molar-refractivity contribution is 5.44. The van der Waals surface area contributed by atoms with Gasteiger partial charge in [-0.2, -0.15) is 0 Å². The van der Waals surface area contributed by atoms with Crippen molar-refractivity contribution in [1.82, 2.24) is 4.98 Å². The molecule has 4 nitrogen and oxygen atoms in total. The molecule has 1 aromatic rings. The van der Waals surface area contributed by atoms with Crippen LogP contribution in [0.25, 0.3) is 0 Å². The molecule has 2 aliphatic heterocycles. The predicted molar refractivity (Wildman–Crippen MR) is 71.6 cm³/mol. The van der Waals surface area contributed by atoms with Gasteiger partial charge >= 0.3 is 0 Å². The van der Waals surface area contributed by atoms with Crippen molar-refractivity contribution in [3.63, 3.8) is 0 Å². The molecule has 0 saturated carbocycles. The van der Waals surface area contributed by atoms with E-state index in [9.17, 15) is 0 Å². The van der Waals surface area contributed by atoms with Crippen molar-refractivity contribution in [2.24, 2.45) is 5.73 Å². The number of morpholine rings is 1. The Morgan fingerprint density at radius 3 is 2.67 bits per heavy atom. The Bertz CT molecular complexity index is 401. The third kappa shape index (κ3) is 2.22. The monoisotopic (exact) mass is 247 g/mol. The van der Waals surface area contributed by atoms with Gasteiger partial charge in [0.1, 0.15) is 5.82 Å². The lowest BCUT2D eigenvalue weighted by Crippen LogP contribution is -2.43. The second-order valence-electron chi connectivity index (χ2n) is 5.25. The minimum atomic E-state index is 0.400. The standard InChI is InChI=1S/C14H21N3O/c1-2-11-5-10(7-15)6-14(16-11)17-8-12-3-4-13(9-17)18-12/h5-6,12-13H,2-4,7-9,15H2,1H3. The maximum absolute atomic E-state index is 5.87. The number of rotatable bonds is 3. The summed E-state index contributed by atoms with van der Waals surface area (Å²) in [5, 5.41) is 0. The summed E-state index contributed by atoms with van der Waals surface area (Å²) in [5.41, 5.74) is 8.08. The number of anilines is 1. The summed E-state index contributed by atoms with van der Waals surface area (Å²) in [4.78, 5) is 7.10. The van der Waals surface area contributed by atoms with Gasteiger partial charge in [-0.15, -0.1) is 0 Å². The number of pyridine rings is 1. The highest BCUT2D eigenvalue weighted by atomic mass is 16.5. The van der Waals surface area contributed by atoms with Crippen LogP contribution in [0.2, 0.25) is 0 Å². The molecule has 2 atom stereocenters. The summed E-state index contributed by atoms with van der Waals surface area (Å²) in [6.45, 7) is 4.66. The highest BCUT2D eigenvalue weighted by Gasteiger charge is 2.34. The van der Waals surface area contributed by atoms with Crippen LogP contribution in [0, 0.1) is 0 Å². The first-order valence-electron chi connectivity index (χ1n) is 6.88. The van der Waals surface area contributed by atoms with Gasteiger partial charge < -0.3 is 15.4 Å². The largest absolute Gasteiger partial charge is 0.371 e. The topological polar surface area (TPSA) is 51.4 Å². The Kier molecular flexibility index (Phi) is 3.22. The number of aryl methyl sites for hydroxylation is 1. The van der Waals surface area contributed by atoms with E-state index in [0.29, 0.717) is 18.8 Å². The maximum atomic E-state index is 5.87. The molecule has 2 aliphatic rings. The molecule has 2 N–H and O–H groups in total. The molecule has 2 bridgehead atoms. The molecule has 3 rings (SSSR count). The minimum absolute atomic E-state index is 0.400. The Hall–Kier alpha value is -1.13. The van der Waals surface area contributed by atoms with Crippen LogP contribution in [-0.2, 0) is 17.7 Å². The van der Waals surface area contributed by atoms with Crippen molar-refractivity contribution in [3.05, 3.63) is 23.4 Å². The van der Waals surface area contributed by atoms with E-state index in [4.69, 9.17) is 15.5 Å². The number of nitrogens with two attached hydrogens (primary N) is 1. The Morgan fingerprint density at radius 2 is 2.06 bits per heavy atom. The zero-order valence-corrected chi connectivity index (χ0v) is 10.9. The lowest BCUT2D eigenvalue weighted by molar-refractivity contribution is 0.0302. The first-order chi connectivity index (χ1) is 8.78. The average Bonchev–Trinajstić information content (AvgIpc) is 2.76. The van der Waals surface area contributed by atoms with Crippen molar-refractivity contribution < 1.29 is 4.74 Å². The van der Waals surface area contributed by atoms with Crippen LogP contribution in [0.4, 0.5) is 5.82 Å². The van der Waals surface area contributed by atoms with Crippen LogP contribution in [0.3, 0.4) is 0 Å². The minimum Gasteiger partial charge on any atom is -0.371 e. The first kappa shape index (κ1) is 11.9. The van der Waals surface area contributed by atoms with Crippen LogP contribution in [0.1, 0.15) is 31.0 Å². The van der Waals surface area contributed by atoms with Gasteiger partial charge in [-0.1, -0.05) is 6.92 Å². The lowest BCUT2D eigenvalue weighted by atomic mass is 10.2. The molecular formula is C14H21N3O. The van der Waals surface area contributed by atoms with Crippen molar-refractivity contribution >= 4 is 5.82 Å². The molecule has 0 radical (unpaired) electrons. The summed E-state index contributed by atoms with van der Waals surface area (Å²) < 4.78 is 5.87. The molecule has 0 amide bonds. The molecule has 2 saturated heterocycles. The van der Waals surface area contributed by atoms with E-state index in [-0.39, 0.29) is 0 Å². The smallest absolute Gasteiger partial charge is 0.129 e. The molecule has 0 aliphatic carbocycles. The van der Waals surface area contributed by atoms with Crippen LogP contribution in [0.15, 0.2) is 12.1 Å². The maximum Gasteiger partial charge on any atom is 0.129 e. The Morgan fingerprint density at radius 1 is 1.33 bits per heavy atom. The van der Waals surface area contributed by atoms with Gasteiger partial charge in [0, 0.05) is 25.3 Å². The van der Waals surface area contributed by atoms with Gasteiger partial charge in [0.15, 0.2) is 0 Å². The summed E-state index contributed by atoms with van der Waals surface area (Å²) in [6.07, 6.45) is 4.14. The van der Waals surface area contributed by atoms with Gasteiger partial charge in [0.25, 0.3) is 0 Å². The zero-order valence-electron chi connectivity index (χ0n) is 10.9. The molecule has 2 unspecified atom stereocenters. The molecule has 0 spiro atoms.